The topological polar surface area (TPSA) is 87.3 Å². The van der Waals surface area contributed by atoms with Gasteiger partial charge in [0.2, 0.25) is 0 Å². The third kappa shape index (κ3) is 3.59. The van der Waals surface area contributed by atoms with E-state index in [0.29, 0.717) is 34.3 Å². The predicted molar refractivity (Wildman–Crippen MR) is 120 cm³/mol. The summed E-state index contributed by atoms with van der Waals surface area (Å²) >= 11 is 0. The molecule has 7 heteroatoms. The van der Waals surface area contributed by atoms with Crippen molar-refractivity contribution < 1.29 is 9.52 Å². The largest absolute Gasteiger partial charge is 0.507 e. The summed E-state index contributed by atoms with van der Waals surface area (Å²) in [4.78, 5) is 16.2. The van der Waals surface area contributed by atoms with Crippen molar-refractivity contribution in [2.24, 2.45) is 5.92 Å². The molecule has 2 aliphatic rings. The summed E-state index contributed by atoms with van der Waals surface area (Å²) in [6, 6.07) is 11.9. The Balaban J connectivity index is 1.25. The number of hydrogen-bond acceptors (Lipinski definition) is 7. The van der Waals surface area contributed by atoms with Crippen LogP contribution in [0.3, 0.4) is 0 Å². The molecule has 2 fully saturated rings. The van der Waals surface area contributed by atoms with E-state index < -0.39 is 0 Å². The number of pyridine rings is 2. The molecule has 0 spiro atoms. The molecule has 4 heterocycles. The van der Waals surface area contributed by atoms with Crippen LogP contribution >= 0.6 is 0 Å². The van der Waals surface area contributed by atoms with Gasteiger partial charge in [0.15, 0.2) is 11.5 Å². The highest BCUT2D eigenvalue weighted by atomic mass is 16.3. The number of nitrogens with zero attached hydrogens (tertiary/aromatic N) is 4. The first-order valence-electron chi connectivity index (χ1n) is 11.0. The smallest absolute Gasteiger partial charge is 0.192 e. The molecular weight excluding hydrogens is 390 g/mol. The summed E-state index contributed by atoms with van der Waals surface area (Å²) in [7, 11) is 0. The van der Waals surface area contributed by atoms with Gasteiger partial charge in [-0.1, -0.05) is 0 Å². The van der Waals surface area contributed by atoms with E-state index >= 15 is 0 Å². The van der Waals surface area contributed by atoms with Crippen LogP contribution in [0.4, 0.5) is 5.82 Å². The van der Waals surface area contributed by atoms with Gasteiger partial charge >= 0.3 is 0 Å². The summed E-state index contributed by atoms with van der Waals surface area (Å²) in [5.74, 6) is 2.61. The van der Waals surface area contributed by atoms with Gasteiger partial charge in [-0.15, -0.1) is 0 Å². The van der Waals surface area contributed by atoms with E-state index in [-0.39, 0.29) is 5.75 Å². The number of aromatic nitrogens is 3. The van der Waals surface area contributed by atoms with Crippen molar-refractivity contribution in [3.8, 4) is 17.0 Å². The van der Waals surface area contributed by atoms with Crippen molar-refractivity contribution >= 4 is 28.0 Å². The third-order valence-electron chi connectivity index (χ3n) is 6.32. The van der Waals surface area contributed by atoms with Crippen LogP contribution in [0.15, 0.2) is 40.8 Å². The highest BCUT2D eigenvalue weighted by molar-refractivity contribution is 5.86. The minimum atomic E-state index is 0.138. The van der Waals surface area contributed by atoms with Crippen molar-refractivity contribution in [2.75, 3.05) is 24.5 Å². The Morgan fingerprint density at radius 3 is 2.74 bits per heavy atom. The first-order valence-corrected chi connectivity index (χ1v) is 11.0. The zero-order chi connectivity index (χ0) is 20.9. The number of hydrogen-bond donors (Lipinski definition) is 2. The quantitative estimate of drug-likeness (QED) is 0.509. The second-order valence-electron chi connectivity index (χ2n) is 8.76. The third-order valence-corrected chi connectivity index (χ3v) is 6.32. The fourth-order valence-electron chi connectivity index (χ4n) is 4.40. The van der Waals surface area contributed by atoms with Crippen LogP contribution in [0.2, 0.25) is 0 Å². The summed E-state index contributed by atoms with van der Waals surface area (Å²) in [6.45, 7) is 4.97. The zero-order valence-electron chi connectivity index (χ0n) is 17.5. The number of aryl methyl sites for hydroxylation is 1. The first-order chi connectivity index (χ1) is 15.1. The second-order valence-corrected chi connectivity index (χ2v) is 8.76. The monoisotopic (exact) mass is 415 g/mol. The lowest BCUT2D eigenvalue weighted by atomic mass is 10.1. The molecule has 3 aromatic heterocycles. The molecule has 4 aromatic rings. The van der Waals surface area contributed by atoms with Gasteiger partial charge in [-0.25, -0.2) is 15.0 Å². The molecule has 1 aromatic carbocycles. The molecule has 0 unspecified atom stereocenters. The zero-order valence-corrected chi connectivity index (χ0v) is 17.5. The predicted octanol–water partition coefficient (Wildman–Crippen LogP) is 4.03. The molecule has 1 atom stereocenters. The molecule has 1 saturated carbocycles. The minimum Gasteiger partial charge on any atom is -0.507 e. The number of aromatic hydroxyl groups is 1. The highest BCUT2D eigenvalue weighted by Crippen LogP contribution is 2.34. The van der Waals surface area contributed by atoms with Gasteiger partial charge in [0, 0.05) is 37.7 Å². The maximum Gasteiger partial charge on any atom is 0.192 e. The van der Waals surface area contributed by atoms with Gasteiger partial charge in [-0.05, 0) is 62.1 Å². The van der Waals surface area contributed by atoms with Crippen LogP contribution in [0.1, 0.15) is 25.2 Å². The van der Waals surface area contributed by atoms with E-state index in [4.69, 9.17) is 14.4 Å². The molecule has 31 heavy (non-hydrogen) atoms. The molecule has 0 radical (unpaired) electrons. The van der Waals surface area contributed by atoms with Crippen molar-refractivity contribution in [1.82, 2.24) is 20.3 Å². The van der Waals surface area contributed by atoms with Gasteiger partial charge in [0.05, 0.1) is 16.7 Å². The Morgan fingerprint density at radius 2 is 1.87 bits per heavy atom. The summed E-state index contributed by atoms with van der Waals surface area (Å²) < 4.78 is 5.61. The fraction of sp³-hybridized carbons (Fsp3) is 0.375. The van der Waals surface area contributed by atoms with Crippen molar-refractivity contribution in [2.45, 2.75) is 32.2 Å². The Morgan fingerprint density at radius 1 is 1.03 bits per heavy atom. The molecule has 158 valence electrons. The van der Waals surface area contributed by atoms with Gasteiger partial charge < -0.3 is 19.7 Å². The molecule has 2 N–H and O–H groups in total. The van der Waals surface area contributed by atoms with Crippen LogP contribution in [-0.4, -0.2) is 45.7 Å². The Kier molecular flexibility index (Phi) is 4.31. The molecule has 0 bridgehead atoms. The molecule has 7 nitrogen and oxygen atoms in total. The van der Waals surface area contributed by atoms with Crippen LogP contribution in [0.25, 0.3) is 33.4 Å². The van der Waals surface area contributed by atoms with Crippen LogP contribution < -0.4 is 10.2 Å². The number of phenolic OH excluding ortho intramolecular Hbond substituents is 1. The normalized spacial score (nSPS) is 19.0. The van der Waals surface area contributed by atoms with Gasteiger partial charge in [0.1, 0.15) is 17.1 Å². The van der Waals surface area contributed by atoms with E-state index in [1.807, 2.05) is 24.3 Å². The average Bonchev–Trinajstić information content (AvgIpc) is 3.35. The molecular formula is C24H25N5O2. The van der Waals surface area contributed by atoms with Crippen LogP contribution in [0.5, 0.6) is 5.75 Å². The SMILES string of the molecule is Cc1nc2cc(O)c(-c3ccc4nc(N5CC[C@H](NCC6CC6)C5)ccc4n3)cc2o1. The minimum absolute atomic E-state index is 0.138. The van der Waals surface area contributed by atoms with Gasteiger partial charge in [-0.3, -0.25) is 0 Å². The van der Waals surface area contributed by atoms with E-state index in [2.05, 4.69) is 15.2 Å². The number of anilines is 1. The molecule has 0 amide bonds. The van der Waals surface area contributed by atoms with E-state index in [1.54, 1.807) is 19.1 Å². The molecule has 1 aliphatic carbocycles. The first kappa shape index (κ1) is 18.6. The summed E-state index contributed by atoms with van der Waals surface area (Å²) in [6.07, 6.45) is 3.93. The second kappa shape index (κ2) is 7.20. The number of rotatable bonds is 5. The molecule has 6 rings (SSSR count). The van der Waals surface area contributed by atoms with E-state index in [0.717, 1.165) is 48.8 Å². The van der Waals surface area contributed by atoms with Gasteiger partial charge in [-0.2, -0.15) is 0 Å². The lowest BCUT2D eigenvalue weighted by Crippen LogP contribution is -2.34. The number of phenols is 1. The number of nitrogens with one attached hydrogen (secondary N) is 1. The Bertz CT molecular complexity index is 1280. The summed E-state index contributed by atoms with van der Waals surface area (Å²) in [5, 5.41) is 14.2. The lowest BCUT2D eigenvalue weighted by Gasteiger charge is -2.18. The van der Waals surface area contributed by atoms with Crippen molar-refractivity contribution in [3.63, 3.8) is 0 Å². The molecule has 1 aliphatic heterocycles. The maximum absolute atomic E-state index is 10.5. The Labute approximate surface area is 180 Å². The van der Waals surface area contributed by atoms with Crippen LogP contribution in [-0.2, 0) is 0 Å². The van der Waals surface area contributed by atoms with Crippen LogP contribution in [0, 0.1) is 12.8 Å². The lowest BCUT2D eigenvalue weighted by molar-refractivity contribution is 0.477. The number of oxazole rings is 1. The summed E-state index contributed by atoms with van der Waals surface area (Å²) in [5.41, 5.74) is 4.24. The number of benzene rings is 1. The van der Waals surface area contributed by atoms with E-state index in [9.17, 15) is 5.11 Å². The van der Waals surface area contributed by atoms with E-state index in [1.165, 1.54) is 12.8 Å². The average molecular weight is 415 g/mol. The number of fused-ring (bicyclic) bond motifs is 2. The fourth-order valence-corrected chi connectivity index (χ4v) is 4.40. The Hall–Kier alpha value is -3.19. The standard InChI is InChI=1S/C24H25N5O2/c1-14-26-21-11-22(30)17(10-23(21)31-14)18-4-5-20-19(27-18)6-7-24(28-20)29-9-8-16(13-29)25-12-15-2-3-15/h4-7,10-11,15-16,25,30H,2-3,8-9,12-13H2,1H3/t16-/m0/s1. The van der Waals surface area contributed by atoms with Crippen molar-refractivity contribution in [3.05, 3.63) is 42.3 Å². The molecule has 1 saturated heterocycles. The highest BCUT2D eigenvalue weighted by Gasteiger charge is 2.27. The van der Waals surface area contributed by atoms with Gasteiger partial charge in [0.25, 0.3) is 0 Å². The maximum atomic E-state index is 10.5. The van der Waals surface area contributed by atoms with Crippen molar-refractivity contribution in [1.29, 1.82) is 0 Å².